The zero-order valence-electron chi connectivity index (χ0n) is 46.1. The molecule has 12 nitrogen and oxygen atoms in total. The first-order valence-electron chi connectivity index (χ1n) is 27.5. The molecular formula is C58H94O12Si. The summed E-state index contributed by atoms with van der Waals surface area (Å²) < 4.78 is 30.3. The van der Waals surface area contributed by atoms with E-state index in [4.69, 9.17) is 33.3 Å². The largest absolute Gasteiger partial charge is 0.481 e. The Morgan fingerprint density at radius 3 is 1.45 bits per heavy atom. The van der Waals surface area contributed by atoms with E-state index in [0.717, 1.165) is 77.6 Å². The molecule has 0 bridgehead atoms. The van der Waals surface area contributed by atoms with Crippen LogP contribution < -0.4 is 0 Å². The van der Waals surface area contributed by atoms with Gasteiger partial charge in [-0.3, -0.25) is 24.0 Å². The van der Waals surface area contributed by atoms with Gasteiger partial charge in [0.15, 0.2) is 8.32 Å². The van der Waals surface area contributed by atoms with Gasteiger partial charge in [-0.1, -0.05) is 113 Å². The van der Waals surface area contributed by atoms with Crippen LogP contribution in [0.3, 0.4) is 0 Å². The minimum atomic E-state index is -1.96. The van der Waals surface area contributed by atoms with Crippen LogP contribution in [-0.2, 0) is 47.3 Å². The first-order chi connectivity index (χ1) is 33.3. The molecule has 0 aromatic heterocycles. The average Bonchev–Trinajstić information content (AvgIpc) is 3.25. The van der Waals surface area contributed by atoms with Gasteiger partial charge < -0.3 is 33.6 Å². The minimum Gasteiger partial charge on any atom is -0.481 e. The van der Waals surface area contributed by atoms with Crippen molar-refractivity contribution < 1.29 is 57.6 Å². The number of carboxylic acids is 1. The number of allylic oxidation sites excluding steroid dienone is 6. The second kappa shape index (κ2) is 27.1. The number of aliphatic hydroxyl groups is 1. The molecule has 0 aromatic carbocycles. The highest BCUT2D eigenvalue weighted by atomic mass is 28.4. The van der Waals surface area contributed by atoms with Crippen molar-refractivity contribution in [2.75, 3.05) is 0 Å². The maximum atomic E-state index is 13.0. The lowest BCUT2D eigenvalue weighted by Gasteiger charge is -2.44. The number of carbonyl (C=O) groups is 5. The second-order valence-electron chi connectivity index (χ2n) is 23.5. The number of carbonyl (C=O) groups excluding carboxylic acids is 4. The fraction of sp³-hybridized carbons (Fsp3) is 0.776. The van der Waals surface area contributed by atoms with Crippen LogP contribution in [0.2, 0.25) is 18.1 Å². The maximum Gasteiger partial charge on any atom is 0.309 e. The standard InChI is InChI=1S/C31H52O5Si.C25H38O5.C2H4O2/c1-10-22(11-2)30(33)35-27-17-20(3)16-23-13-12-21(4)26(29(23)27)15-14-24-18-25(19-28(32)34-24)36-37(8,9)31(5,6)7;1-5-17(6-2)25(28)30-22-12-15(3)11-18-8-7-16(4)21(24(18)22)10-9-20-13-19(26)14-23(27)29-20;1-2(3)4/h12-13,16,20-22,24-27,29H,10-11,14-15,17-19H2,1-9H3;7-8,11,15-17,19-22,24,26H,5-6,9-10,12-14H2,1-4H3;1H3,(H,3,4)/t20-,21-,24+,25+,26-,27-,29?;15-,16-,19+,20+,21-,22-,24?;/m00./s1. The van der Waals surface area contributed by atoms with Crippen molar-refractivity contribution in [3.63, 3.8) is 0 Å². The summed E-state index contributed by atoms with van der Waals surface area (Å²) in [4.78, 5) is 59.0. The first kappa shape index (κ1) is 60.0. The molecule has 2 N–H and O–H groups in total. The van der Waals surface area contributed by atoms with Gasteiger partial charge in [0.2, 0.25) is 0 Å². The Hall–Kier alpha value is -3.55. The number of hydrogen-bond donors (Lipinski definition) is 2. The molecule has 2 unspecified atom stereocenters. The molecule has 2 aliphatic heterocycles. The number of aliphatic carboxylic acids is 1. The van der Waals surface area contributed by atoms with Crippen LogP contribution in [0.1, 0.15) is 173 Å². The van der Waals surface area contributed by atoms with Gasteiger partial charge in [0, 0.05) is 31.6 Å². The molecule has 0 amide bonds. The SMILES string of the molecule is CC(=O)O.CCC(CC)C(=O)O[C@H]1C[C@@H](C)C=C2C=C[C@H](C)[C@H](CC[C@@H]3C[C@@H](O)CC(=O)O3)C21.CCC(CC)C(=O)O[C@H]1C[C@@H](C)C=C2C=C[C@H](C)[C@H](CC[C@@H]3C[C@@H](O[Si](C)(C)C(C)(C)C)CC(=O)O3)C21. The molecule has 14 atom stereocenters. The topological polar surface area (TPSA) is 172 Å². The molecule has 0 saturated carbocycles. The van der Waals surface area contributed by atoms with Gasteiger partial charge in [-0.05, 0) is 129 Å². The van der Waals surface area contributed by atoms with Crippen molar-refractivity contribution in [2.45, 2.75) is 228 Å². The van der Waals surface area contributed by atoms with E-state index in [1.54, 1.807) is 0 Å². The summed E-state index contributed by atoms with van der Waals surface area (Å²) in [6.45, 7) is 29.4. The summed E-state index contributed by atoms with van der Waals surface area (Å²) in [6, 6.07) is 0. The number of hydrogen-bond acceptors (Lipinski definition) is 11. The van der Waals surface area contributed by atoms with Crippen molar-refractivity contribution in [3.8, 4) is 0 Å². The molecule has 2 saturated heterocycles. The van der Waals surface area contributed by atoms with Gasteiger partial charge in [0.05, 0.1) is 36.9 Å². The monoisotopic (exact) mass is 1010 g/mol. The third kappa shape index (κ3) is 17.3. The van der Waals surface area contributed by atoms with E-state index >= 15 is 0 Å². The highest BCUT2D eigenvalue weighted by Gasteiger charge is 2.46. The lowest BCUT2D eigenvalue weighted by molar-refractivity contribution is -0.162. The molecule has 0 spiro atoms. The van der Waals surface area contributed by atoms with E-state index < -0.39 is 20.4 Å². The normalized spacial score (nSPS) is 32.6. The number of cyclic esters (lactones) is 2. The van der Waals surface area contributed by atoms with Gasteiger partial charge >= 0.3 is 23.9 Å². The van der Waals surface area contributed by atoms with Gasteiger partial charge in [0.1, 0.15) is 24.4 Å². The molecule has 6 rings (SSSR count). The average molecular weight is 1010 g/mol. The summed E-state index contributed by atoms with van der Waals surface area (Å²) in [6.07, 6.45) is 22.6. The number of ether oxygens (including phenoxy) is 4. The summed E-state index contributed by atoms with van der Waals surface area (Å²) in [5.74, 6) is 1.11. The predicted octanol–water partition coefficient (Wildman–Crippen LogP) is 12.3. The van der Waals surface area contributed by atoms with Crippen LogP contribution in [0, 0.1) is 59.2 Å². The smallest absolute Gasteiger partial charge is 0.309 e. The minimum absolute atomic E-state index is 0.0286. The third-order valence-corrected chi connectivity index (χ3v) is 21.3. The first-order valence-corrected chi connectivity index (χ1v) is 30.4. The Balaban J connectivity index is 0.000000292. The van der Waals surface area contributed by atoms with Crippen LogP contribution in [-0.4, -0.2) is 85.0 Å². The zero-order valence-corrected chi connectivity index (χ0v) is 47.1. The van der Waals surface area contributed by atoms with E-state index in [-0.39, 0.29) is 89.5 Å². The third-order valence-electron chi connectivity index (χ3n) is 16.7. The number of carboxylic acid groups (broad SMARTS) is 1. The molecule has 0 radical (unpaired) electrons. The van der Waals surface area contributed by atoms with Gasteiger partial charge in [-0.25, -0.2) is 0 Å². The second-order valence-corrected chi connectivity index (χ2v) is 28.2. The summed E-state index contributed by atoms with van der Waals surface area (Å²) in [7, 11) is -1.96. The van der Waals surface area contributed by atoms with Crippen LogP contribution in [0.4, 0.5) is 0 Å². The molecule has 0 aromatic rings. The Morgan fingerprint density at radius 2 is 1.07 bits per heavy atom. The van der Waals surface area contributed by atoms with Crippen LogP contribution in [0.5, 0.6) is 0 Å². The molecule has 4 aliphatic carbocycles. The molecule has 6 aliphatic rings. The predicted molar refractivity (Wildman–Crippen MR) is 280 cm³/mol. The fourth-order valence-corrected chi connectivity index (χ4v) is 13.0. The number of aliphatic hydroxyl groups excluding tert-OH is 1. The summed E-state index contributed by atoms with van der Waals surface area (Å²) in [5.41, 5.74) is 2.59. The van der Waals surface area contributed by atoms with E-state index in [1.807, 2.05) is 13.8 Å². The molecule has 2 heterocycles. The van der Waals surface area contributed by atoms with Crippen LogP contribution in [0.15, 0.2) is 47.6 Å². The molecule has 2 fully saturated rings. The van der Waals surface area contributed by atoms with E-state index in [2.05, 4.69) is 112 Å². The Kier molecular flexibility index (Phi) is 22.9. The Bertz CT molecular complexity index is 1900. The quantitative estimate of drug-likeness (QED) is 0.0853. The summed E-state index contributed by atoms with van der Waals surface area (Å²) >= 11 is 0. The zero-order chi connectivity index (χ0) is 53.0. The lowest BCUT2D eigenvalue weighted by atomic mass is 9.65. The van der Waals surface area contributed by atoms with Gasteiger partial charge in [-0.15, -0.1) is 0 Å². The number of fused-ring (bicyclic) bond motifs is 2. The van der Waals surface area contributed by atoms with Crippen molar-refractivity contribution in [3.05, 3.63) is 47.6 Å². The molecule has 13 heteroatoms. The van der Waals surface area contributed by atoms with Gasteiger partial charge in [0.25, 0.3) is 5.97 Å². The van der Waals surface area contributed by atoms with Crippen molar-refractivity contribution in [1.82, 2.24) is 0 Å². The highest BCUT2D eigenvalue weighted by molar-refractivity contribution is 6.74. The van der Waals surface area contributed by atoms with E-state index in [9.17, 15) is 24.3 Å². The van der Waals surface area contributed by atoms with E-state index in [0.29, 0.717) is 48.3 Å². The Morgan fingerprint density at radius 1 is 0.676 bits per heavy atom. The lowest BCUT2D eigenvalue weighted by Crippen LogP contribution is -2.47. The van der Waals surface area contributed by atoms with Crippen LogP contribution in [0.25, 0.3) is 0 Å². The Labute approximate surface area is 428 Å². The van der Waals surface area contributed by atoms with Crippen LogP contribution >= 0.6 is 0 Å². The number of rotatable bonds is 16. The highest BCUT2D eigenvalue weighted by Crippen LogP contribution is 2.47. The van der Waals surface area contributed by atoms with Crippen molar-refractivity contribution >= 4 is 38.2 Å². The van der Waals surface area contributed by atoms with Crippen molar-refractivity contribution in [1.29, 1.82) is 0 Å². The van der Waals surface area contributed by atoms with E-state index in [1.165, 1.54) is 11.1 Å². The van der Waals surface area contributed by atoms with Gasteiger partial charge in [-0.2, -0.15) is 0 Å². The fourth-order valence-electron chi connectivity index (χ4n) is 11.7. The molecule has 71 heavy (non-hydrogen) atoms. The number of esters is 4. The van der Waals surface area contributed by atoms with Crippen molar-refractivity contribution in [2.24, 2.45) is 59.2 Å². The maximum absolute atomic E-state index is 13.0. The molecule has 402 valence electrons. The molecular weight excluding hydrogens is 917 g/mol. The summed E-state index contributed by atoms with van der Waals surface area (Å²) in [5, 5.41) is 17.4.